The van der Waals surface area contributed by atoms with E-state index in [1.165, 1.54) is 32.1 Å². The maximum absolute atomic E-state index is 11.4. The predicted molar refractivity (Wildman–Crippen MR) is 77.9 cm³/mol. The SMILES string of the molecule is CCOC(=O)C(N)CCN(C)C1CCC(CC)CC1. The summed E-state index contributed by atoms with van der Waals surface area (Å²) in [4.78, 5) is 13.8. The zero-order valence-corrected chi connectivity index (χ0v) is 12.7. The summed E-state index contributed by atoms with van der Waals surface area (Å²) in [5.74, 6) is 0.650. The molecular formula is C15H30N2O2. The standard InChI is InChI=1S/C15H30N2O2/c1-4-12-6-8-13(9-7-12)17(3)11-10-14(16)15(18)19-5-2/h12-14H,4-11,16H2,1-3H3. The summed E-state index contributed by atoms with van der Waals surface area (Å²) in [6, 6.07) is 0.187. The Hall–Kier alpha value is -0.610. The highest BCUT2D eigenvalue weighted by molar-refractivity contribution is 5.75. The average Bonchev–Trinajstić information content (AvgIpc) is 2.44. The minimum Gasteiger partial charge on any atom is -0.465 e. The molecule has 1 unspecified atom stereocenters. The third kappa shape index (κ3) is 5.49. The largest absolute Gasteiger partial charge is 0.465 e. The maximum atomic E-state index is 11.4. The highest BCUT2D eigenvalue weighted by Gasteiger charge is 2.24. The Labute approximate surface area is 117 Å². The fourth-order valence-electron chi connectivity index (χ4n) is 2.89. The summed E-state index contributed by atoms with van der Waals surface area (Å²) in [6.45, 7) is 5.38. The smallest absolute Gasteiger partial charge is 0.322 e. The lowest BCUT2D eigenvalue weighted by molar-refractivity contribution is -0.144. The molecule has 0 aromatic rings. The minimum absolute atomic E-state index is 0.273. The van der Waals surface area contributed by atoms with Crippen molar-refractivity contribution in [3.63, 3.8) is 0 Å². The predicted octanol–water partition coefficient (Wildman–Crippen LogP) is 2.17. The molecule has 0 aromatic heterocycles. The Morgan fingerprint density at radius 2 is 1.95 bits per heavy atom. The third-order valence-electron chi connectivity index (χ3n) is 4.40. The van der Waals surface area contributed by atoms with Crippen LogP contribution in [-0.2, 0) is 9.53 Å². The summed E-state index contributed by atoms with van der Waals surface area (Å²) in [6.07, 6.45) is 7.24. The van der Waals surface area contributed by atoms with Gasteiger partial charge in [0.1, 0.15) is 6.04 Å². The van der Waals surface area contributed by atoms with Gasteiger partial charge in [0.25, 0.3) is 0 Å². The zero-order valence-electron chi connectivity index (χ0n) is 12.7. The molecule has 1 rings (SSSR count). The maximum Gasteiger partial charge on any atom is 0.322 e. The normalized spacial score (nSPS) is 25.3. The molecule has 0 saturated heterocycles. The van der Waals surface area contributed by atoms with E-state index in [-0.39, 0.29) is 5.97 Å². The number of ether oxygens (including phenoxy) is 1. The van der Waals surface area contributed by atoms with E-state index in [9.17, 15) is 4.79 Å². The lowest BCUT2D eigenvalue weighted by Crippen LogP contribution is -2.40. The van der Waals surface area contributed by atoms with Crippen LogP contribution in [0.5, 0.6) is 0 Å². The van der Waals surface area contributed by atoms with Crippen molar-refractivity contribution in [3.8, 4) is 0 Å². The zero-order chi connectivity index (χ0) is 14.3. The Morgan fingerprint density at radius 3 is 2.47 bits per heavy atom. The molecule has 0 aromatic carbocycles. The molecule has 0 radical (unpaired) electrons. The van der Waals surface area contributed by atoms with Crippen molar-refractivity contribution in [2.24, 2.45) is 11.7 Å². The molecule has 112 valence electrons. The van der Waals surface area contributed by atoms with Gasteiger partial charge in [-0.25, -0.2) is 0 Å². The third-order valence-corrected chi connectivity index (χ3v) is 4.40. The quantitative estimate of drug-likeness (QED) is 0.720. The van der Waals surface area contributed by atoms with Crippen molar-refractivity contribution < 1.29 is 9.53 Å². The lowest BCUT2D eigenvalue weighted by atomic mass is 9.84. The van der Waals surface area contributed by atoms with Gasteiger partial charge in [-0.1, -0.05) is 13.3 Å². The summed E-state index contributed by atoms with van der Waals surface area (Å²) >= 11 is 0. The van der Waals surface area contributed by atoms with Crippen molar-refractivity contribution in [2.45, 2.75) is 64.5 Å². The molecule has 0 amide bonds. The topological polar surface area (TPSA) is 55.6 Å². The van der Waals surface area contributed by atoms with Crippen LogP contribution >= 0.6 is 0 Å². The molecule has 0 bridgehead atoms. The molecule has 0 heterocycles. The number of hydrogen-bond acceptors (Lipinski definition) is 4. The van der Waals surface area contributed by atoms with Gasteiger partial charge in [0.05, 0.1) is 6.61 Å². The molecule has 4 nitrogen and oxygen atoms in total. The van der Waals surface area contributed by atoms with Crippen LogP contribution in [0.25, 0.3) is 0 Å². The van der Waals surface area contributed by atoms with Gasteiger partial charge in [-0.2, -0.15) is 0 Å². The van der Waals surface area contributed by atoms with Crippen molar-refractivity contribution in [3.05, 3.63) is 0 Å². The number of nitrogens with zero attached hydrogens (tertiary/aromatic N) is 1. The molecule has 2 N–H and O–H groups in total. The molecular weight excluding hydrogens is 240 g/mol. The molecule has 0 aliphatic heterocycles. The van der Waals surface area contributed by atoms with Crippen molar-refractivity contribution in [2.75, 3.05) is 20.2 Å². The number of esters is 1. The Bertz CT molecular complexity index is 263. The highest BCUT2D eigenvalue weighted by atomic mass is 16.5. The van der Waals surface area contributed by atoms with Crippen LogP contribution in [0.2, 0.25) is 0 Å². The monoisotopic (exact) mass is 270 g/mol. The van der Waals surface area contributed by atoms with E-state index in [2.05, 4.69) is 18.9 Å². The summed E-state index contributed by atoms with van der Waals surface area (Å²) in [5.41, 5.74) is 5.82. The number of carbonyl (C=O) groups excluding carboxylic acids is 1. The summed E-state index contributed by atoms with van der Waals surface area (Å²) in [5, 5.41) is 0. The van der Waals surface area contributed by atoms with E-state index in [4.69, 9.17) is 10.5 Å². The molecule has 1 fully saturated rings. The van der Waals surface area contributed by atoms with Crippen LogP contribution < -0.4 is 5.73 Å². The van der Waals surface area contributed by atoms with E-state index < -0.39 is 6.04 Å². The molecule has 19 heavy (non-hydrogen) atoms. The molecule has 1 aliphatic carbocycles. The van der Waals surface area contributed by atoms with Gasteiger partial charge in [-0.15, -0.1) is 0 Å². The van der Waals surface area contributed by atoms with Crippen molar-refractivity contribution in [1.82, 2.24) is 4.90 Å². The Morgan fingerprint density at radius 1 is 1.32 bits per heavy atom. The van der Waals surface area contributed by atoms with Gasteiger partial charge in [-0.05, 0) is 52.0 Å². The van der Waals surface area contributed by atoms with Crippen LogP contribution in [0.1, 0.15) is 52.4 Å². The van der Waals surface area contributed by atoms with E-state index in [0.29, 0.717) is 19.1 Å². The fourth-order valence-corrected chi connectivity index (χ4v) is 2.89. The van der Waals surface area contributed by atoms with E-state index in [1.54, 1.807) is 0 Å². The molecule has 4 heteroatoms. The van der Waals surface area contributed by atoms with E-state index in [0.717, 1.165) is 12.5 Å². The molecule has 1 saturated carbocycles. The molecule has 0 spiro atoms. The lowest BCUT2D eigenvalue weighted by Gasteiger charge is -2.34. The summed E-state index contributed by atoms with van der Waals surface area (Å²) in [7, 11) is 2.15. The van der Waals surface area contributed by atoms with Crippen LogP contribution in [0.15, 0.2) is 0 Å². The second-order valence-corrected chi connectivity index (χ2v) is 5.71. The molecule has 1 aliphatic rings. The summed E-state index contributed by atoms with van der Waals surface area (Å²) < 4.78 is 4.93. The van der Waals surface area contributed by atoms with E-state index >= 15 is 0 Å². The first-order valence-corrected chi connectivity index (χ1v) is 7.70. The van der Waals surface area contributed by atoms with Gasteiger partial charge in [0.2, 0.25) is 0 Å². The molecule has 1 atom stereocenters. The first-order chi connectivity index (χ1) is 9.08. The van der Waals surface area contributed by atoms with Crippen LogP contribution in [-0.4, -0.2) is 43.2 Å². The second kappa shape index (κ2) is 8.54. The highest BCUT2D eigenvalue weighted by Crippen LogP contribution is 2.28. The van der Waals surface area contributed by atoms with Crippen molar-refractivity contribution in [1.29, 1.82) is 0 Å². The minimum atomic E-state index is -0.477. The van der Waals surface area contributed by atoms with Crippen molar-refractivity contribution >= 4 is 5.97 Å². The average molecular weight is 270 g/mol. The first-order valence-electron chi connectivity index (χ1n) is 7.70. The Balaban J connectivity index is 2.24. The number of hydrogen-bond donors (Lipinski definition) is 1. The van der Waals surface area contributed by atoms with Gasteiger partial charge in [0.15, 0.2) is 0 Å². The van der Waals surface area contributed by atoms with E-state index in [1.807, 2.05) is 6.92 Å². The van der Waals surface area contributed by atoms with Gasteiger partial charge in [-0.3, -0.25) is 4.79 Å². The van der Waals surface area contributed by atoms with Gasteiger partial charge < -0.3 is 15.4 Å². The fraction of sp³-hybridized carbons (Fsp3) is 0.933. The number of carbonyl (C=O) groups is 1. The first kappa shape index (κ1) is 16.4. The number of rotatable bonds is 7. The van der Waals surface area contributed by atoms with Crippen LogP contribution in [0.3, 0.4) is 0 Å². The van der Waals surface area contributed by atoms with Crippen LogP contribution in [0, 0.1) is 5.92 Å². The van der Waals surface area contributed by atoms with Crippen LogP contribution in [0.4, 0.5) is 0 Å². The second-order valence-electron chi connectivity index (χ2n) is 5.71. The number of nitrogens with two attached hydrogens (primary N) is 1. The van der Waals surface area contributed by atoms with Gasteiger partial charge in [0, 0.05) is 12.6 Å². The van der Waals surface area contributed by atoms with Gasteiger partial charge >= 0.3 is 5.97 Å². The Kier molecular flexibility index (Phi) is 7.39.